The van der Waals surface area contributed by atoms with Gasteiger partial charge in [-0.1, -0.05) is 46.9 Å². The molecule has 0 aliphatic rings. The van der Waals surface area contributed by atoms with Gasteiger partial charge in [0.2, 0.25) is 0 Å². The zero-order valence-electron chi connectivity index (χ0n) is 13.9. The predicted molar refractivity (Wildman–Crippen MR) is 107 cm³/mol. The van der Waals surface area contributed by atoms with Crippen LogP contribution >= 0.6 is 34.8 Å². The summed E-state index contributed by atoms with van der Waals surface area (Å²) in [5.41, 5.74) is 0.530. The van der Waals surface area contributed by atoms with E-state index in [4.69, 9.17) is 39.5 Å². The van der Waals surface area contributed by atoms with Gasteiger partial charge in [-0.05, 0) is 30.3 Å². The number of ether oxygens (including phenoxy) is 1. The molecule has 3 aromatic rings. The number of rotatable bonds is 4. The topological polar surface area (TPSA) is 93.2 Å². The number of halogens is 3. The number of anilines is 1. The number of imide groups is 1. The number of nitrogens with zero attached hydrogens (tertiary/aromatic N) is 2. The number of carbonyl (C=O) groups is 2. The molecule has 28 heavy (non-hydrogen) atoms. The van der Waals surface area contributed by atoms with E-state index < -0.39 is 11.9 Å². The highest BCUT2D eigenvalue weighted by Gasteiger charge is 2.14. The van der Waals surface area contributed by atoms with E-state index >= 15 is 0 Å². The Hall–Kier alpha value is -2.87. The summed E-state index contributed by atoms with van der Waals surface area (Å²) in [5, 5.41) is 5.49. The van der Waals surface area contributed by atoms with Crippen molar-refractivity contribution >= 4 is 52.4 Å². The van der Waals surface area contributed by atoms with E-state index in [0.29, 0.717) is 10.7 Å². The first kappa shape index (κ1) is 19.9. The second kappa shape index (κ2) is 8.88. The number of aromatic nitrogens is 2. The highest BCUT2D eigenvalue weighted by atomic mass is 35.5. The third kappa shape index (κ3) is 5.10. The normalized spacial score (nSPS) is 10.2. The van der Waals surface area contributed by atoms with Crippen molar-refractivity contribution in [2.75, 3.05) is 5.32 Å². The molecule has 142 valence electrons. The van der Waals surface area contributed by atoms with E-state index in [2.05, 4.69) is 20.6 Å². The molecule has 1 aromatic heterocycles. The van der Waals surface area contributed by atoms with E-state index in [1.54, 1.807) is 18.2 Å². The number of hydrogen-bond acceptors (Lipinski definition) is 5. The lowest BCUT2D eigenvalue weighted by atomic mass is 10.2. The molecule has 3 amide bonds. The molecule has 0 bridgehead atoms. The molecule has 2 aromatic carbocycles. The van der Waals surface area contributed by atoms with Gasteiger partial charge in [-0.3, -0.25) is 10.1 Å². The molecule has 7 nitrogen and oxygen atoms in total. The highest BCUT2D eigenvalue weighted by molar-refractivity contribution is 6.34. The van der Waals surface area contributed by atoms with Gasteiger partial charge in [-0.15, -0.1) is 0 Å². The van der Waals surface area contributed by atoms with Gasteiger partial charge in [0.25, 0.3) is 5.91 Å². The number of benzene rings is 2. The zero-order valence-corrected chi connectivity index (χ0v) is 16.2. The van der Waals surface area contributed by atoms with Crippen molar-refractivity contribution in [3.63, 3.8) is 0 Å². The van der Waals surface area contributed by atoms with Crippen LogP contribution < -0.4 is 15.4 Å². The Morgan fingerprint density at radius 1 is 0.929 bits per heavy atom. The summed E-state index contributed by atoms with van der Waals surface area (Å²) >= 11 is 17.8. The smallest absolute Gasteiger partial charge is 0.326 e. The summed E-state index contributed by atoms with van der Waals surface area (Å²) in [6, 6.07) is 10.2. The Morgan fingerprint density at radius 2 is 1.64 bits per heavy atom. The fraction of sp³-hybridized carbons (Fsp3) is 0. The minimum Gasteiger partial charge on any atom is -0.423 e. The third-order valence-electron chi connectivity index (χ3n) is 3.33. The van der Waals surface area contributed by atoms with Crippen LogP contribution in [0.4, 0.5) is 10.5 Å². The van der Waals surface area contributed by atoms with Crippen LogP contribution in [-0.4, -0.2) is 21.9 Å². The molecule has 0 saturated carbocycles. The Bertz CT molecular complexity index is 1030. The van der Waals surface area contributed by atoms with Crippen LogP contribution in [0.5, 0.6) is 11.8 Å². The first-order valence-corrected chi connectivity index (χ1v) is 8.87. The molecular weight excluding hydrogens is 427 g/mol. The lowest BCUT2D eigenvalue weighted by Crippen LogP contribution is -2.34. The minimum atomic E-state index is -0.740. The monoisotopic (exact) mass is 436 g/mol. The van der Waals surface area contributed by atoms with Crippen LogP contribution in [0.15, 0.2) is 54.9 Å². The van der Waals surface area contributed by atoms with Crippen LogP contribution in [0.2, 0.25) is 15.1 Å². The van der Waals surface area contributed by atoms with Gasteiger partial charge in [-0.25, -0.2) is 14.8 Å². The van der Waals surface area contributed by atoms with Crippen molar-refractivity contribution in [1.82, 2.24) is 15.3 Å². The van der Waals surface area contributed by atoms with Crippen molar-refractivity contribution in [2.24, 2.45) is 0 Å². The van der Waals surface area contributed by atoms with E-state index in [-0.39, 0.29) is 27.4 Å². The largest absolute Gasteiger partial charge is 0.423 e. The summed E-state index contributed by atoms with van der Waals surface area (Å²) in [5.74, 6) is -0.351. The van der Waals surface area contributed by atoms with Crippen LogP contribution in [0.25, 0.3) is 0 Å². The van der Waals surface area contributed by atoms with Gasteiger partial charge in [0.05, 0.1) is 33.0 Å². The quantitative estimate of drug-likeness (QED) is 0.586. The molecule has 3 rings (SSSR count). The summed E-state index contributed by atoms with van der Waals surface area (Å²) in [7, 11) is 0. The number of carbonyl (C=O) groups excluding carboxylic acids is 2. The molecule has 0 fully saturated rings. The number of amides is 3. The van der Waals surface area contributed by atoms with E-state index in [1.165, 1.54) is 36.7 Å². The van der Waals surface area contributed by atoms with E-state index in [9.17, 15) is 9.59 Å². The highest BCUT2D eigenvalue weighted by Crippen LogP contribution is 2.30. The minimum absolute atomic E-state index is 0.0649. The Kier molecular flexibility index (Phi) is 6.30. The van der Waals surface area contributed by atoms with Crippen molar-refractivity contribution in [2.45, 2.75) is 0 Å². The van der Waals surface area contributed by atoms with Crippen LogP contribution in [0.1, 0.15) is 10.4 Å². The molecule has 0 aliphatic heterocycles. The molecule has 0 radical (unpaired) electrons. The van der Waals surface area contributed by atoms with Crippen LogP contribution in [0.3, 0.4) is 0 Å². The van der Waals surface area contributed by atoms with Crippen molar-refractivity contribution in [1.29, 1.82) is 0 Å². The Labute approximate surface area is 174 Å². The lowest BCUT2D eigenvalue weighted by Gasteiger charge is -2.10. The first-order chi connectivity index (χ1) is 13.4. The fourth-order valence-electron chi connectivity index (χ4n) is 2.09. The van der Waals surface area contributed by atoms with Gasteiger partial charge >= 0.3 is 12.0 Å². The third-order valence-corrected chi connectivity index (χ3v) is 4.15. The maximum absolute atomic E-state index is 12.1. The summed E-state index contributed by atoms with van der Waals surface area (Å²) < 4.78 is 5.45. The Balaban J connectivity index is 1.63. The molecule has 0 saturated heterocycles. The molecule has 0 aliphatic carbocycles. The van der Waals surface area contributed by atoms with Gasteiger partial charge in [-0.2, -0.15) is 0 Å². The van der Waals surface area contributed by atoms with Crippen molar-refractivity contribution in [3.8, 4) is 11.8 Å². The Morgan fingerprint density at radius 3 is 2.32 bits per heavy atom. The van der Waals surface area contributed by atoms with E-state index in [1.807, 2.05) is 0 Å². The number of urea groups is 1. The van der Waals surface area contributed by atoms with Crippen LogP contribution in [-0.2, 0) is 0 Å². The predicted octanol–water partition coefficient (Wildman–Crippen LogP) is 5.19. The molecule has 0 unspecified atom stereocenters. The molecule has 10 heteroatoms. The fourth-order valence-corrected chi connectivity index (χ4v) is 2.63. The zero-order chi connectivity index (χ0) is 20.1. The molecule has 0 spiro atoms. The standard InChI is InChI=1S/C18H11Cl3N4O3/c19-10-8-22-18(23-9-10)28-15-6-5-11(7-14(15)21)24-17(27)25-16(26)12-3-1-2-4-13(12)20/h1-9H,(H2,24,25,26,27). The van der Waals surface area contributed by atoms with Gasteiger partial charge < -0.3 is 10.1 Å². The summed E-state index contributed by atoms with van der Waals surface area (Å²) in [6.45, 7) is 0. The maximum Gasteiger partial charge on any atom is 0.326 e. The second-order valence-corrected chi connectivity index (χ2v) is 6.57. The first-order valence-electron chi connectivity index (χ1n) is 7.74. The molecule has 1 heterocycles. The number of nitrogens with one attached hydrogen (secondary N) is 2. The maximum atomic E-state index is 12.1. The average molecular weight is 438 g/mol. The molecule has 2 N–H and O–H groups in total. The van der Waals surface area contributed by atoms with Crippen molar-refractivity contribution < 1.29 is 14.3 Å². The van der Waals surface area contributed by atoms with Gasteiger partial charge in [0.1, 0.15) is 5.75 Å². The lowest BCUT2D eigenvalue weighted by molar-refractivity contribution is 0.0967. The van der Waals surface area contributed by atoms with Gasteiger partial charge in [0.15, 0.2) is 0 Å². The van der Waals surface area contributed by atoms with Crippen molar-refractivity contribution in [3.05, 3.63) is 75.5 Å². The van der Waals surface area contributed by atoms with E-state index in [0.717, 1.165) is 0 Å². The SMILES string of the molecule is O=C(NC(=O)c1ccccc1Cl)Nc1ccc(Oc2ncc(Cl)cn2)c(Cl)c1. The number of hydrogen-bond donors (Lipinski definition) is 2. The van der Waals surface area contributed by atoms with Gasteiger partial charge in [0, 0.05) is 5.69 Å². The molecular formula is C18H11Cl3N4O3. The summed E-state index contributed by atoms with van der Waals surface area (Å²) in [6.07, 6.45) is 2.77. The average Bonchev–Trinajstić information content (AvgIpc) is 2.66. The summed E-state index contributed by atoms with van der Waals surface area (Å²) in [4.78, 5) is 31.9. The second-order valence-electron chi connectivity index (χ2n) is 5.32. The van der Waals surface area contributed by atoms with Crippen LogP contribution in [0, 0.1) is 0 Å². The molecule has 0 atom stereocenters.